The molecule has 8 aromatic rings. The molecule has 0 unspecified atom stereocenters. The molecule has 6 nitrogen and oxygen atoms in total. The molecule has 6 heteroatoms. The SMILES string of the molecule is Cc1ccc(C2(c3ccc(C)cc3)c3cc(-c4ccc(-c5ccccc5C(=O)N(C(C)C)C(C)C)nc4)ccc3-c3ccc(-c4ccc(-c5ccccc5C(=O)N(C(C)C)C(C)C)nc4)cc32)cc1. The first-order valence-corrected chi connectivity index (χ1v) is 24.4. The highest BCUT2D eigenvalue weighted by molar-refractivity contribution is 6.02. The molecule has 2 heterocycles. The van der Waals surface area contributed by atoms with Gasteiger partial charge in [0, 0.05) is 69.9 Å². The van der Waals surface area contributed by atoms with E-state index in [0.29, 0.717) is 11.1 Å². The van der Waals surface area contributed by atoms with Gasteiger partial charge in [0.25, 0.3) is 11.8 Å². The number of carbonyl (C=O) groups excluding carboxylic acids is 2. The highest BCUT2D eigenvalue weighted by Crippen LogP contribution is 2.57. The monoisotopic (exact) mass is 906 g/mol. The molecule has 6 aromatic carbocycles. The van der Waals surface area contributed by atoms with Gasteiger partial charge in [-0.3, -0.25) is 19.6 Å². The summed E-state index contributed by atoms with van der Waals surface area (Å²) in [6, 6.07) is 55.9. The van der Waals surface area contributed by atoms with Crippen LogP contribution < -0.4 is 0 Å². The van der Waals surface area contributed by atoms with Crippen molar-refractivity contribution in [3.05, 3.63) is 215 Å². The molecule has 2 aromatic heterocycles. The molecule has 0 saturated heterocycles. The fourth-order valence-electron chi connectivity index (χ4n) is 10.7. The Hall–Kier alpha value is -7.44. The van der Waals surface area contributed by atoms with Crippen molar-refractivity contribution in [2.75, 3.05) is 0 Å². The summed E-state index contributed by atoms with van der Waals surface area (Å²) in [6.07, 6.45) is 3.88. The maximum atomic E-state index is 14.0. The second-order valence-electron chi connectivity index (χ2n) is 19.8. The van der Waals surface area contributed by atoms with Crippen LogP contribution in [0.1, 0.15) is 109 Å². The predicted molar refractivity (Wildman–Crippen MR) is 283 cm³/mol. The third-order valence-corrected chi connectivity index (χ3v) is 13.9. The average molecular weight is 907 g/mol. The Bertz CT molecular complexity index is 2930. The van der Waals surface area contributed by atoms with Gasteiger partial charge in [0.05, 0.1) is 16.8 Å². The lowest BCUT2D eigenvalue weighted by molar-refractivity contribution is 0.0635. The zero-order valence-electron chi connectivity index (χ0n) is 41.6. The van der Waals surface area contributed by atoms with Gasteiger partial charge in [-0.15, -0.1) is 0 Å². The summed E-state index contributed by atoms with van der Waals surface area (Å²) in [5.41, 5.74) is 17.4. The number of rotatable bonds is 12. The van der Waals surface area contributed by atoms with Crippen molar-refractivity contribution in [1.29, 1.82) is 0 Å². The summed E-state index contributed by atoms with van der Waals surface area (Å²) in [6.45, 7) is 20.8. The van der Waals surface area contributed by atoms with E-state index in [1.165, 1.54) is 44.5 Å². The standard InChI is InChI=1S/C63H62N4O2/c1-39(2)66(40(3)4)61(68)55-17-13-11-15-53(55)59-33-25-47(37-64-59)45-23-31-51-52-32-24-46(48-26-34-60(65-38-48)54-16-12-14-18-56(54)62(69)67(41(5)6)42(7)8)36-58(52)63(57(51)35-45,49-27-19-43(9)20-28-49)50-29-21-44(10)22-30-50/h11-42H,1-10H3. The Morgan fingerprint density at radius 3 is 1.09 bits per heavy atom. The molecule has 346 valence electrons. The van der Waals surface area contributed by atoms with E-state index in [0.717, 1.165) is 44.8 Å². The first-order valence-electron chi connectivity index (χ1n) is 24.4. The Balaban J connectivity index is 1.15. The molecule has 69 heavy (non-hydrogen) atoms. The van der Waals surface area contributed by atoms with Crippen LogP contribution in [-0.2, 0) is 5.41 Å². The number of benzene rings is 6. The summed E-state index contributed by atoms with van der Waals surface area (Å²) in [7, 11) is 0. The quantitative estimate of drug-likeness (QED) is 0.122. The lowest BCUT2D eigenvalue weighted by atomic mass is 9.67. The number of hydrogen-bond donors (Lipinski definition) is 0. The van der Waals surface area contributed by atoms with E-state index in [1.54, 1.807) is 0 Å². The van der Waals surface area contributed by atoms with E-state index in [1.807, 2.05) is 82.9 Å². The molecule has 9 rings (SSSR count). The topological polar surface area (TPSA) is 66.4 Å². The van der Waals surface area contributed by atoms with Gasteiger partial charge in [-0.2, -0.15) is 0 Å². The molecule has 1 aliphatic carbocycles. The van der Waals surface area contributed by atoms with E-state index < -0.39 is 5.41 Å². The molecule has 0 bridgehead atoms. The van der Waals surface area contributed by atoms with Crippen molar-refractivity contribution in [2.45, 2.75) is 98.8 Å². The van der Waals surface area contributed by atoms with Crippen molar-refractivity contribution in [1.82, 2.24) is 19.8 Å². The molecule has 0 spiro atoms. The molecule has 2 amide bonds. The third kappa shape index (κ3) is 8.47. The maximum Gasteiger partial charge on any atom is 0.255 e. The molecule has 0 radical (unpaired) electrons. The van der Waals surface area contributed by atoms with Crippen LogP contribution in [0.5, 0.6) is 0 Å². The molecule has 0 saturated carbocycles. The number of aromatic nitrogens is 2. The molecule has 0 fully saturated rings. The molecule has 1 aliphatic rings. The van der Waals surface area contributed by atoms with E-state index in [2.05, 4.69) is 166 Å². The van der Waals surface area contributed by atoms with Crippen molar-refractivity contribution in [3.8, 4) is 55.9 Å². The van der Waals surface area contributed by atoms with Gasteiger partial charge in [-0.25, -0.2) is 0 Å². The van der Waals surface area contributed by atoms with Crippen LogP contribution >= 0.6 is 0 Å². The van der Waals surface area contributed by atoms with Crippen LogP contribution in [0, 0.1) is 13.8 Å². The first-order chi connectivity index (χ1) is 33.2. The largest absolute Gasteiger partial charge is 0.334 e. The van der Waals surface area contributed by atoms with Crippen LogP contribution in [0.15, 0.2) is 170 Å². The maximum absolute atomic E-state index is 14.0. The highest BCUT2D eigenvalue weighted by Gasteiger charge is 2.46. The number of fused-ring (bicyclic) bond motifs is 3. The van der Waals surface area contributed by atoms with Crippen molar-refractivity contribution in [3.63, 3.8) is 0 Å². The van der Waals surface area contributed by atoms with Crippen LogP contribution in [0.2, 0.25) is 0 Å². The van der Waals surface area contributed by atoms with Gasteiger partial charge >= 0.3 is 0 Å². The Morgan fingerprint density at radius 1 is 0.406 bits per heavy atom. The van der Waals surface area contributed by atoms with Crippen LogP contribution in [0.25, 0.3) is 55.9 Å². The Morgan fingerprint density at radius 2 is 0.754 bits per heavy atom. The second-order valence-corrected chi connectivity index (χ2v) is 19.8. The highest BCUT2D eigenvalue weighted by atomic mass is 16.2. The molecular formula is C63H62N4O2. The predicted octanol–water partition coefficient (Wildman–Crippen LogP) is 14.6. The Kier molecular flexibility index (Phi) is 12.8. The normalized spacial score (nSPS) is 12.7. The van der Waals surface area contributed by atoms with Gasteiger partial charge < -0.3 is 9.80 Å². The number of aryl methyl sites for hydroxylation is 2. The summed E-state index contributed by atoms with van der Waals surface area (Å²) in [5, 5.41) is 0. The molecule has 0 N–H and O–H groups in total. The number of hydrogen-bond acceptors (Lipinski definition) is 4. The Labute approximate surface area is 408 Å². The second kappa shape index (κ2) is 18.9. The number of nitrogens with zero attached hydrogens (tertiary/aromatic N) is 4. The summed E-state index contributed by atoms with van der Waals surface area (Å²) in [5.74, 6) is 0.0166. The van der Waals surface area contributed by atoms with Gasteiger partial charge in [0.1, 0.15) is 0 Å². The minimum absolute atomic E-state index is 0.00829. The lowest BCUT2D eigenvalue weighted by Gasteiger charge is -2.34. The molecule has 0 aliphatic heterocycles. The first kappa shape index (κ1) is 46.7. The van der Waals surface area contributed by atoms with Gasteiger partial charge in [-0.1, -0.05) is 132 Å². The van der Waals surface area contributed by atoms with Crippen molar-refractivity contribution in [2.24, 2.45) is 0 Å². The van der Waals surface area contributed by atoms with Crippen molar-refractivity contribution >= 4 is 11.8 Å². The number of carbonyl (C=O) groups is 2. The third-order valence-electron chi connectivity index (χ3n) is 13.9. The zero-order chi connectivity index (χ0) is 48.7. The van der Waals surface area contributed by atoms with E-state index in [9.17, 15) is 9.59 Å². The average Bonchev–Trinajstić information content (AvgIpc) is 3.63. The van der Waals surface area contributed by atoms with Crippen LogP contribution in [0.3, 0.4) is 0 Å². The minimum atomic E-state index is -0.658. The zero-order valence-corrected chi connectivity index (χ0v) is 41.6. The fourth-order valence-corrected chi connectivity index (χ4v) is 10.7. The summed E-state index contributed by atoms with van der Waals surface area (Å²) >= 11 is 0. The smallest absolute Gasteiger partial charge is 0.255 e. The number of pyridine rings is 2. The van der Waals surface area contributed by atoms with Gasteiger partial charge in [0.2, 0.25) is 0 Å². The molecule has 0 atom stereocenters. The van der Waals surface area contributed by atoms with Crippen molar-refractivity contribution < 1.29 is 9.59 Å². The lowest BCUT2D eigenvalue weighted by Crippen LogP contribution is -2.42. The van der Waals surface area contributed by atoms with E-state index in [4.69, 9.17) is 9.97 Å². The van der Waals surface area contributed by atoms with E-state index >= 15 is 0 Å². The van der Waals surface area contributed by atoms with E-state index in [-0.39, 0.29) is 36.0 Å². The summed E-state index contributed by atoms with van der Waals surface area (Å²) in [4.78, 5) is 41.9. The minimum Gasteiger partial charge on any atom is -0.334 e. The molecular weight excluding hydrogens is 845 g/mol. The van der Waals surface area contributed by atoms with Gasteiger partial charge in [-0.05, 0) is 150 Å². The van der Waals surface area contributed by atoms with Gasteiger partial charge in [0.15, 0.2) is 0 Å². The summed E-state index contributed by atoms with van der Waals surface area (Å²) < 4.78 is 0. The fraction of sp³-hybridized carbons (Fsp3) is 0.238. The van der Waals surface area contributed by atoms with Crippen LogP contribution in [0.4, 0.5) is 0 Å². The number of amides is 2. The van der Waals surface area contributed by atoms with Crippen LogP contribution in [-0.4, -0.2) is 55.7 Å².